The van der Waals surface area contributed by atoms with Gasteiger partial charge in [-0.15, -0.1) is 0 Å². The molecular weight excluding hydrogens is 255 g/mol. The molecule has 3 rings (SSSR count). The van der Waals surface area contributed by atoms with Gasteiger partial charge >= 0.3 is 0 Å². The summed E-state index contributed by atoms with van der Waals surface area (Å²) in [6.45, 7) is 1.74. The maximum Gasteiger partial charge on any atom is 0.226 e. The molecule has 0 aromatic heterocycles. The predicted molar refractivity (Wildman–Crippen MR) is 75.9 cm³/mol. The highest BCUT2D eigenvalue weighted by Gasteiger charge is 2.47. The molecule has 1 aliphatic carbocycles. The topological polar surface area (TPSA) is 32.3 Å². The standard InChI is InChI=1S/C16H21FN2O/c1-18-10-13-6-3-7-19(13)16(20)15-9-14(15)11-4-2-5-12(17)8-11/h2,4-5,8,13-15,18H,3,6-7,9-10H2,1H3. The van der Waals surface area contributed by atoms with Crippen molar-refractivity contribution in [3.63, 3.8) is 0 Å². The lowest BCUT2D eigenvalue weighted by Crippen LogP contribution is -2.41. The summed E-state index contributed by atoms with van der Waals surface area (Å²) in [6, 6.07) is 7.00. The number of rotatable bonds is 4. The molecule has 1 N–H and O–H groups in total. The molecule has 1 aromatic carbocycles. The lowest BCUT2D eigenvalue weighted by molar-refractivity contribution is -0.133. The quantitative estimate of drug-likeness (QED) is 0.914. The number of nitrogens with one attached hydrogen (secondary N) is 1. The summed E-state index contributed by atoms with van der Waals surface area (Å²) in [4.78, 5) is 14.6. The van der Waals surface area contributed by atoms with Crippen LogP contribution in [-0.4, -0.2) is 37.0 Å². The van der Waals surface area contributed by atoms with Crippen LogP contribution in [0.15, 0.2) is 24.3 Å². The van der Waals surface area contributed by atoms with Crippen molar-refractivity contribution in [3.05, 3.63) is 35.6 Å². The normalized spacial score (nSPS) is 28.7. The van der Waals surface area contributed by atoms with E-state index >= 15 is 0 Å². The number of hydrogen-bond acceptors (Lipinski definition) is 2. The van der Waals surface area contributed by atoms with E-state index in [1.54, 1.807) is 12.1 Å². The van der Waals surface area contributed by atoms with Gasteiger partial charge in [-0.05, 0) is 49.9 Å². The molecule has 20 heavy (non-hydrogen) atoms. The van der Waals surface area contributed by atoms with Crippen LogP contribution in [0.25, 0.3) is 0 Å². The minimum atomic E-state index is -0.213. The number of halogens is 1. The van der Waals surface area contributed by atoms with Gasteiger partial charge in [-0.1, -0.05) is 12.1 Å². The Morgan fingerprint density at radius 3 is 3.10 bits per heavy atom. The van der Waals surface area contributed by atoms with E-state index in [4.69, 9.17) is 0 Å². The van der Waals surface area contributed by atoms with Crippen molar-refractivity contribution in [2.24, 2.45) is 5.92 Å². The van der Waals surface area contributed by atoms with Crippen LogP contribution in [0.1, 0.15) is 30.7 Å². The fraction of sp³-hybridized carbons (Fsp3) is 0.562. The van der Waals surface area contributed by atoms with Crippen molar-refractivity contribution in [2.75, 3.05) is 20.1 Å². The van der Waals surface area contributed by atoms with E-state index in [2.05, 4.69) is 5.32 Å². The van der Waals surface area contributed by atoms with Crippen LogP contribution in [0, 0.1) is 11.7 Å². The Bertz CT molecular complexity index is 505. The average molecular weight is 276 g/mol. The van der Waals surface area contributed by atoms with Crippen LogP contribution >= 0.6 is 0 Å². The van der Waals surface area contributed by atoms with Gasteiger partial charge in [-0.2, -0.15) is 0 Å². The Labute approximate surface area is 119 Å². The molecule has 1 saturated heterocycles. The van der Waals surface area contributed by atoms with E-state index in [1.165, 1.54) is 6.07 Å². The zero-order chi connectivity index (χ0) is 14.1. The lowest BCUT2D eigenvalue weighted by Gasteiger charge is -2.24. The maximum absolute atomic E-state index is 13.2. The second kappa shape index (κ2) is 5.52. The molecule has 4 heteroatoms. The molecule has 2 aliphatic rings. The summed E-state index contributed by atoms with van der Waals surface area (Å²) in [6.07, 6.45) is 3.05. The summed E-state index contributed by atoms with van der Waals surface area (Å²) >= 11 is 0. The van der Waals surface area contributed by atoms with Crippen molar-refractivity contribution in [3.8, 4) is 0 Å². The van der Waals surface area contributed by atoms with Crippen LogP contribution in [-0.2, 0) is 4.79 Å². The first-order chi connectivity index (χ1) is 9.70. The van der Waals surface area contributed by atoms with Gasteiger partial charge in [0.15, 0.2) is 0 Å². The summed E-state index contributed by atoms with van der Waals surface area (Å²) < 4.78 is 13.2. The molecule has 0 radical (unpaired) electrons. The van der Waals surface area contributed by atoms with Crippen molar-refractivity contribution >= 4 is 5.91 Å². The first-order valence-corrected chi connectivity index (χ1v) is 7.41. The van der Waals surface area contributed by atoms with Crippen molar-refractivity contribution < 1.29 is 9.18 Å². The summed E-state index contributed by atoms with van der Waals surface area (Å²) in [5.41, 5.74) is 0.965. The highest BCUT2D eigenvalue weighted by atomic mass is 19.1. The van der Waals surface area contributed by atoms with Crippen molar-refractivity contribution in [2.45, 2.75) is 31.2 Å². The highest BCUT2D eigenvalue weighted by molar-refractivity contribution is 5.83. The SMILES string of the molecule is CNCC1CCCN1C(=O)C1CC1c1cccc(F)c1. The van der Waals surface area contributed by atoms with E-state index in [0.29, 0.717) is 6.04 Å². The van der Waals surface area contributed by atoms with Crippen molar-refractivity contribution in [1.82, 2.24) is 10.2 Å². The van der Waals surface area contributed by atoms with Gasteiger partial charge in [-0.3, -0.25) is 4.79 Å². The van der Waals surface area contributed by atoms with Crippen LogP contribution in [0.3, 0.4) is 0 Å². The number of carbonyl (C=O) groups is 1. The fourth-order valence-corrected chi connectivity index (χ4v) is 3.36. The van der Waals surface area contributed by atoms with Gasteiger partial charge in [-0.25, -0.2) is 4.39 Å². The van der Waals surface area contributed by atoms with Gasteiger partial charge < -0.3 is 10.2 Å². The lowest BCUT2D eigenvalue weighted by atomic mass is 10.1. The third-order valence-corrected chi connectivity index (χ3v) is 4.48. The van der Waals surface area contributed by atoms with Gasteiger partial charge in [0.1, 0.15) is 5.82 Å². The molecule has 0 spiro atoms. The molecule has 3 nitrogen and oxygen atoms in total. The first kappa shape index (κ1) is 13.6. The molecule has 3 atom stereocenters. The minimum absolute atomic E-state index is 0.0641. The van der Waals surface area contributed by atoms with E-state index < -0.39 is 0 Å². The molecule has 1 saturated carbocycles. The second-order valence-corrected chi connectivity index (χ2v) is 5.89. The van der Waals surface area contributed by atoms with Gasteiger partial charge in [0.2, 0.25) is 5.91 Å². The second-order valence-electron chi connectivity index (χ2n) is 5.89. The molecule has 0 bridgehead atoms. The number of likely N-dealkylation sites (tertiary alicyclic amines) is 1. The molecule has 1 heterocycles. The summed E-state index contributed by atoms with van der Waals surface area (Å²) in [5, 5.41) is 3.16. The Hall–Kier alpha value is -1.42. The van der Waals surface area contributed by atoms with Crippen LogP contribution in [0.4, 0.5) is 4.39 Å². The molecular formula is C16H21FN2O. The number of likely N-dealkylation sites (N-methyl/N-ethyl adjacent to an activating group) is 1. The van der Waals surface area contributed by atoms with Gasteiger partial charge in [0.05, 0.1) is 0 Å². The maximum atomic E-state index is 13.2. The van der Waals surface area contributed by atoms with Crippen molar-refractivity contribution in [1.29, 1.82) is 0 Å². The van der Waals surface area contributed by atoms with E-state index in [1.807, 2.05) is 18.0 Å². The fourth-order valence-electron chi connectivity index (χ4n) is 3.36. The molecule has 108 valence electrons. The third-order valence-electron chi connectivity index (χ3n) is 4.48. The Morgan fingerprint density at radius 2 is 2.35 bits per heavy atom. The highest BCUT2D eigenvalue weighted by Crippen LogP contribution is 2.49. The zero-order valence-corrected chi connectivity index (χ0v) is 11.8. The zero-order valence-electron chi connectivity index (χ0n) is 11.8. The molecule has 1 aliphatic heterocycles. The summed E-state index contributed by atoms with van der Waals surface area (Å²) in [7, 11) is 1.92. The van der Waals surface area contributed by atoms with E-state index in [9.17, 15) is 9.18 Å². The Morgan fingerprint density at radius 1 is 1.50 bits per heavy atom. The Balaban J connectivity index is 1.65. The number of nitrogens with zero attached hydrogens (tertiary/aromatic N) is 1. The molecule has 1 amide bonds. The molecule has 3 unspecified atom stereocenters. The summed E-state index contributed by atoms with van der Waals surface area (Å²) in [5.74, 6) is 0.329. The number of carbonyl (C=O) groups excluding carboxylic acids is 1. The predicted octanol–water partition coefficient (Wildman–Crippen LogP) is 2.14. The monoisotopic (exact) mass is 276 g/mol. The average Bonchev–Trinajstić information content (AvgIpc) is 3.11. The minimum Gasteiger partial charge on any atom is -0.338 e. The van der Waals surface area contributed by atoms with Crippen LogP contribution < -0.4 is 5.32 Å². The third kappa shape index (κ3) is 2.57. The molecule has 2 fully saturated rings. The number of amides is 1. The van der Waals surface area contributed by atoms with E-state index in [-0.39, 0.29) is 23.6 Å². The van der Waals surface area contributed by atoms with Gasteiger partial charge in [0, 0.05) is 25.0 Å². The number of hydrogen-bond donors (Lipinski definition) is 1. The smallest absolute Gasteiger partial charge is 0.226 e. The van der Waals surface area contributed by atoms with Gasteiger partial charge in [0.25, 0.3) is 0 Å². The van der Waals surface area contributed by atoms with E-state index in [0.717, 1.165) is 37.9 Å². The van der Waals surface area contributed by atoms with Crippen LogP contribution in [0.5, 0.6) is 0 Å². The number of benzene rings is 1. The largest absolute Gasteiger partial charge is 0.338 e. The molecule has 1 aromatic rings. The Kier molecular flexibility index (Phi) is 3.74. The first-order valence-electron chi connectivity index (χ1n) is 7.41. The van der Waals surface area contributed by atoms with Crippen LogP contribution in [0.2, 0.25) is 0 Å².